The fourth-order valence-electron chi connectivity index (χ4n) is 3.81. The molecular formula is C23H29NO4. The SMILES string of the molecule is COc1cc2c(cc1OC)C(C(O)c1ccccc1)N(C(=O)C(C)(C)C)CC2. The number of methoxy groups -OCH3 is 2. The van der Waals surface area contributed by atoms with Gasteiger partial charge in [-0.1, -0.05) is 51.1 Å². The van der Waals surface area contributed by atoms with Crippen molar-refractivity contribution in [3.63, 3.8) is 0 Å². The standard InChI is InChI=1S/C23H29NO4/c1-23(2,3)22(26)24-12-11-16-13-18(27-4)19(28-5)14-17(16)20(24)21(25)15-9-7-6-8-10-15/h6-10,13-14,20-21,25H,11-12H2,1-5H3. The van der Waals surface area contributed by atoms with Gasteiger partial charge in [0.25, 0.3) is 0 Å². The fraction of sp³-hybridized carbons (Fsp3) is 0.435. The van der Waals surface area contributed by atoms with Crippen LogP contribution < -0.4 is 9.47 Å². The first kappa shape index (κ1) is 20.2. The van der Waals surface area contributed by atoms with Crippen molar-refractivity contribution in [1.82, 2.24) is 4.90 Å². The number of aliphatic hydroxyl groups excluding tert-OH is 1. The predicted octanol–water partition coefficient (Wildman–Crippen LogP) is 3.91. The molecule has 1 heterocycles. The molecule has 28 heavy (non-hydrogen) atoms. The summed E-state index contributed by atoms with van der Waals surface area (Å²) in [5.41, 5.74) is 2.21. The zero-order chi connectivity index (χ0) is 20.5. The van der Waals surface area contributed by atoms with Gasteiger partial charge in [-0.15, -0.1) is 0 Å². The molecule has 3 rings (SSSR count). The Balaban J connectivity index is 2.14. The van der Waals surface area contributed by atoms with E-state index in [1.54, 1.807) is 14.2 Å². The number of hydrogen-bond acceptors (Lipinski definition) is 4. The van der Waals surface area contributed by atoms with Crippen molar-refractivity contribution in [3.8, 4) is 11.5 Å². The largest absolute Gasteiger partial charge is 0.493 e. The molecule has 5 nitrogen and oxygen atoms in total. The molecule has 5 heteroatoms. The van der Waals surface area contributed by atoms with Gasteiger partial charge in [0.05, 0.1) is 20.3 Å². The fourth-order valence-corrected chi connectivity index (χ4v) is 3.81. The molecule has 2 aromatic rings. The average Bonchev–Trinajstić information content (AvgIpc) is 2.70. The van der Waals surface area contributed by atoms with Crippen LogP contribution in [-0.4, -0.2) is 36.7 Å². The van der Waals surface area contributed by atoms with Crippen LogP contribution in [0.2, 0.25) is 0 Å². The lowest BCUT2D eigenvalue weighted by atomic mass is 9.84. The number of fused-ring (bicyclic) bond motifs is 1. The number of hydrogen-bond donors (Lipinski definition) is 1. The van der Waals surface area contributed by atoms with Crippen LogP contribution in [0.15, 0.2) is 42.5 Å². The van der Waals surface area contributed by atoms with Gasteiger partial charge in [0.2, 0.25) is 5.91 Å². The second kappa shape index (κ2) is 7.84. The summed E-state index contributed by atoms with van der Waals surface area (Å²) in [7, 11) is 3.20. The Kier molecular flexibility index (Phi) is 5.66. The summed E-state index contributed by atoms with van der Waals surface area (Å²) in [4.78, 5) is 15.0. The van der Waals surface area contributed by atoms with Crippen LogP contribution >= 0.6 is 0 Å². The van der Waals surface area contributed by atoms with Crippen LogP contribution in [0.3, 0.4) is 0 Å². The number of benzene rings is 2. The van der Waals surface area contributed by atoms with E-state index in [1.807, 2.05) is 68.1 Å². The first-order valence-corrected chi connectivity index (χ1v) is 9.56. The van der Waals surface area contributed by atoms with Crippen LogP contribution in [-0.2, 0) is 11.2 Å². The lowest BCUT2D eigenvalue weighted by Crippen LogP contribution is -2.47. The maximum absolute atomic E-state index is 13.2. The van der Waals surface area contributed by atoms with Gasteiger partial charge in [-0.05, 0) is 35.2 Å². The Hall–Kier alpha value is -2.53. The molecule has 2 unspecified atom stereocenters. The maximum atomic E-state index is 13.2. The van der Waals surface area contributed by atoms with E-state index < -0.39 is 17.6 Å². The number of amides is 1. The van der Waals surface area contributed by atoms with Gasteiger partial charge in [0.15, 0.2) is 11.5 Å². The van der Waals surface area contributed by atoms with E-state index in [1.165, 1.54) is 0 Å². The van der Waals surface area contributed by atoms with Crippen LogP contribution in [0.1, 0.15) is 49.6 Å². The summed E-state index contributed by atoms with van der Waals surface area (Å²) in [6, 6.07) is 12.8. The van der Waals surface area contributed by atoms with E-state index in [9.17, 15) is 9.90 Å². The van der Waals surface area contributed by atoms with E-state index in [2.05, 4.69) is 0 Å². The molecule has 1 N–H and O–H groups in total. The smallest absolute Gasteiger partial charge is 0.228 e. The second-order valence-electron chi connectivity index (χ2n) is 8.20. The zero-order valence-corrected chi connectivity index (χ0v) is 17.2. The van der Waals surface area contributed by atoms with E-state index in [0.29, 0.717) is 24.5 Å². The minimum absolute atomic E-state index is 0.0212. The van der Waals surface area contributed by atoms with E-state index in [0.717, 1.165) is 16.7 Å². The van der Waals surface area contributed by atoms with Gasteiger partial charge in [-0.3, -0.25) is 4.79 Å². The predicted molar refractivity (Wildman–Crippen MR) is 109 cm³/mol. The van der Waals surface area contributed by atoms with Gasteiger partial charge in [0, 0.05) is 12.0 Å². The maximum Gasteiger partial charge on any atom is 0.228 e. The highest BCUT2D eigenvalue weighted by Crippen LogP contribution is 2.44. The van der Waals surface area contributed by atoms with Gasteiger partial charge in [-0.25, -0.2) is 0 Å². The third kappa shape index (κ3) is 3.72. The topological polar surface area (TPSA) is 59.0 Å². The number of carbonyl (C=O) groups excluding carboxylic acids is 1. The number of ether oxygens (including phenoxy) is 2. The molecular weight excluding hydrogens is 354 g/mol. The van der Waals surface area contributed by atoms with Crippen LogP contribution in [0.5, 0.6) is 11.5 Å². The summed E-state index contributed by atoms with van der Waals surface area (Å²) in [5.74, 6) is 1.27. The number of nitrogens with zero attached hydrogens (tertiary/aromatic N) is 1. The molecule has 0 saturated carbocycles. The van der Waals surface area contributed by atoms with Crippen molar-refractivity contribution in [3.05, 3.63) is 59.2 Å². The Morgan fingerprint density at radius 2 is 1.71 bits per heavy atom. The van der Waals surface area contributed by atoms with Gasteiger partial charge in [0.1, 0.15) is 6.10 Å². The van der Waals surface area contributed by atoms with Crippen molar-refractivity contribution in [2.75, 3.05) is 20.8 Å². The monoisotopic (exact) mass is 383 g/mol. The van der Waals surface area contributed by atoms with Crippen molar-refractivity contribution in [2.24, 2.45) is 5.41 Å². The summed E-state index contributed by atoms with van der Waals surface area (Å²) < 4.78 is 10.9. The molecule has 2 aromatic carbocycles. The molecule has 1 aliphatic rings. The van der Waals surface area contributed by atoms with Crippen LogP contribution in [0.4, 0.5) is 0 Å². The molecule has 0 bridgehead atoms. The second-order valence-corrected chi connectivity index (χ2v) is 8.20. The summed E-state index contributed by atoms with van der Waals surface area (Å²) in [5, 5.41) is 11.3. The van der Waals surface area contributed by atoms with Gasteiger partial charge >= 0.3 is 0 Å². The van der Waals surface area contributed by atoms with Crippen molar-refractivity contribution in [1.29, 1.82) is 0 Å². The Bertz CT molecular complexity index is 842. The van der Waals surface area contributed by atoms with Crippen molar-refractivity contribution in [2.45, 2.75) is 39.3 Å². The first-order chi connectivity index (χ1) is 13.3. The molecule has 0 fully saturated rings. The lowest BCUT2D eigenvalue weighted by Gasteiger charge is -2.42. The highest BCUT2D eigenvalue weighted by molar-refractivity contribution is 5.82. The summed E-state index contributed by atoms with van der Waals surface area (Å²) in [6.45, 7) is 6.27. The summed E-state index contributed by atoms with van der Waals surface area (Å²) >= 11 is 0. The molecule has 1 amide bonds. The molecule has 0 aromatic heterocycles. The normalized spacial score (nSPS) is 17.6. The quantitative estimate of drug-likeness (QED) is 0.870. The third-order valence-electron chi connectivity index (χ3n) is 5.26. The van der Waals surface area contributed by atoms with Gasteiger partial charge < -0.3 is 19.5 Å². The molecule has 0 radical (unpaired) electrons. The highest BCUT2D eigenvalue weighted by Gasteiger charge is 2.40. The molecule has 0 saturated heterocycles. The number of carbonyl (C=O) groups is 1. The Morgan fingerprint density at radius 3 is 2.29 bits per heavy atom. The molecule has 0 spiro atoms. The third-order valence-corrected chi connectivity index (χ3v) is 5.26. The first-order valence-electron chi connectivity index (χ1n) is 9.56. The number of rotatable bonds is 4. The molecule has 2 atom stereocenters. The highest BCUT2D eigenvalue weighted by atomic mass is 16.5. The van der Waals surface area contributed by atoms with E-state index >= 15 is 0 Å². The average molecular weight is 383 g/mol. The Morgan fingerprint density at radius 1 is 1.11 bits per heavy atom. The molecule has 150 valence electrons. The minimum Gasteiger partial charge on any atom is -0.493 e. The van der Waals surface area contributed by atoms with Crippen LogP contribution in [0, 0.1) is 5.41 Å². The van der Waals surface area contributed by atoms with E-state index in [-0.39, 0.29) is 5.91 Å². The lowest BCUT2D eigenvalue weighted by molar-refractivity contribution is -0.145. The minimum atomic E-state index is -0.843. The molecule has 0 aliphatic carbocycles. The van der Waals surface area contributed by atoms with Gasteiger partial charge in [-0.2, -0.15) is 0 Å². The number of aliphatic hydroxyl groups is 1. The van der Waals surface area contributed by atoms with Crippen LogP contribution in [0.25, 0.3) is 0 Å². The Labute approximate surface area is 166 Å². The molecule has 1 aliphatic heterocycles. The van der Waals surface area contributed by atoms with Crippen molar-refractivity contribution >= 4 is 5.91 Å². The van der Waals surface area contributed by atoms with E-state index in [4.69, 9.17) is 9.47 Å². The summed E-state index contributed by atoms with van der Waals surface area (Å²) in [6.07, 6.45) is -0.139. The van der Waals surface area contributed by atoms with Crippen molar-refractivity contribution < 1.29 is 19.4 Å². The zero-order valence-electron chi connectivity index (χ0n) is 17.2.